The fraction of sp³-hybridized carbons (Fsp3) is 0.471. The largest absolute Gasteiger partial charge is 0.479 e. The van der Waals surface area contributed by atoms with Crippen LogP contribution in [0.1, 0.15) is 25.3 Å². The molecule has 0 saturated carbocycles. The molecule has 26 heavy (non-hydrogen) atoms. The summed E-state index contributed by atoms with van der Waals surface area (Å²) < 4.78 is 19.8. The van der Waals surface area contributed by atoms with E-state index in [1.54, 1.807) is 0 Å². The van der Waals surface area contributed by atoms with E-state index in [-0.39, 0.29) is 11.7 Å². The molecule has 0 bridgehead atoms. The van der Waals surface area contributed by atoms with Gasteiger partial charge < -0.3 is 20.3 Å². The maximum atomic E-state index is 14.0. The van der Waals surface area contributed by atoms with E-state index in [4.69, 9.17) is 22.1 Å². The zero-order chi connectivity index (χ0) is 18.7. The Balaban J connectivity index is 1.85. The van der Waals surface area contributed by atoms with E-state index in [1.807, 2.05) is 6.92 Å². The van der Waals surface area contributed by atoms with Gasteiger partial charge in [0.25, 0.3) is 0 Å². The van der Waals surface area contributed by atoms with Crippen molar-refractivity contribution < 1.29 is 9.13 Å². The molecule has 2 aromatic rings. The van der Waals surface area contributed by atoms with E-state index in [9.17, 15) is 4.39 Å². The summed E-state index contributed by atoms with van der Waals surface area (Å²) in [5, 5.41) is 0.393. The van der Waals surface area contributed by atoms with E-state index < -0.39 is 11.9 Å². The fourth-order valence-electron chi connectivity index (χ4n) is 2.73. The highest BCUT2D eigenvalue weighted by atomic mass is 35.5. The van der Waals surface area contributed by atoms with E-state index in [0.717, 1.165) is 26.2 Å². The van der Waals surface area contributed by atoms with E-state index >= 15 is 0 Å². The van der Waals surface area contributed by atoms with Gasteiger partial charge in [0.2, 0.25) is 11.9 Å². The van der Waals surface area contributed by atoms with Crippen molar-refractivity contribution in [3.8, 4) is 5.75 Å². The molecule has 1 aliphatic rings. The quantitative estimate of drug-likeness (QED) is 0.853. The van der Waals surface area contributed by atoms with Crippen LogP contribution in [0, 0.1) is 5.82 Å². The van der Waals surface area contributed by atoms with Crippen molar-refractivity contribution in [3.63, 3.8) is 0 Å². The van der Waals surface area contributed by atoms with Crippen LogP contribution in [0.4, 0.5) is 16.3 Å². The molecule has 0 aliphatic carbocycles. The summed E-state index contributed by atoms with van der Waals surface area (Å²) >= 11 is 5.93. The number of nitrogens with two attached hydrogens (primary N) is 1. The zero-order valence-corrected chi connectivity index (χ0v) is 15.6. The molecule has 1 unspecified atom stereocenters. The number of piperazine rings is 1. The van der Waals surface area contributed by atoms with Gasteiger partial charge in [-0.25, -0.2) is 4.39 Å². The van der Waals surface area contributed by atoms with Crippen molar-refractivity contribution in [2.24, 2.45) is 0 Å². The highest BCUT2D eigenvalue weighted by Gasteiger charge is 2.22. The lowest BCUT2D eigenvalue weighted by atomic mass is 10.2. The van der Waals surface area contributed by atoms with Crippen molar-refractivity contribution in [1.82, 2.24) is 19.9 Å². The molecule has 7 nitrogen and oxygen atoms in total. The molecule has 0 amide bonds. The number of hydrogen-bond acceptors (Lipinski definition) is 7. The first-order valence-electron chi connectivity index (χ1n) is 8.53. The lowest BCUT2D eigenvalue weighted by molar-refractivity contribution is 0.182. The molecular weight excluding hydrogens is 359 g/mol. The number of anilines is 2. The molecule has 3 rings (SSSR count). The topological polar surface area (TPSA) is 80.4 Å². The number of benzene rings is 1. The molecule has 9 heteroatoms. The Hall–Kier alpha value is -2.19. The molecule has 1 fully saturated rings. The second kappa shape index (κ2) is 8.01. The van der Waals surface area contributed by atoms with Crippen molar-refractivity contribution in [2.45, 2.75) is 19.4 Å². The molecule has 1 aliphatic heterocycles. The van der Waals surface area contributed by atoms with Crippen LogP contribution in [0.2, 0.25) is 5.02 Å². The van der Waals surface area contributed by atoms with Gasteiger partial charge >= 0.3 is 0 Å². The van der Waals surface area contributed by atoms with Crippen LogP contribution < -0.4 is 15.4 Å². The predicted molar refractivity (Wildman–Crippen MR) is 99.0 cm³/mol. The molecular formula is C17H22ClFN6O. The monoisotopic (exact) mass is 380 g/mol. The van der Waals surface area contributed by atoms with Crippen LogP contribution >= 0.6 is 11.6 Å². The van der Waals surface area contributed by atoms with Crippen LogP contribution in [-0.4, -0.2) is 53.1 Å². The minimum absolute atomic E-state index is 0.0597. The van der Waals surface area contributed by atoms with Crippen LogP contribution in [0.25, 0.3) is 0 Å². The van der Waals surface area contributed by atoms with Gasteiger partial charge in [-0.05, 0) is 25.6 Å². The fourth-order valence-corrected chi connectivity index (χ4v) is 2.89. The first kappa shape index (κ1) is 18.6. The van der Waals surface area contributed by atoms with Gasteiger partial charge in [0.1, 0.15) is 0 Å². The van der Waals surface area contributed by atoms with Gasteiger partial charge in [0.05, 0.1) is 0 Å². The van der Waals surface area contributed by atoms with Crippen molar-refractivity contribution >= 4 is 23.5 Å². The van der Waals surface area contributed by atoms with E-state index in [0.29, 0.717) is 23.2 Å². The normalized spacial score (nSPS) is 16.5. The Bertz CT molecular complexity index is 769. The summed E-state index contributed by atoms with van der Waals surface area (Å²) in [5.74, 6) is 0.596. The van der Waals surface area contributed by atoms with Gasteiger partial charge in [-0.1, -0.05) is 18.5 Å². The third-order valence-electron chi connectivity index (χ3n) is 4.27. The van der Waals surface area contributed by atoms with E-state index in [2.05, 4.69) is 31.8 Å². The summed E-state index contributed by atoms with van der Waals surface area (Å²) in [6.07, 6.45) is -0.0168. The Morgan fingerprint density at radius 2 is 1.96 bits per heavy atom. The SMILES string of the molecule is CCC(Oc1cc(Cl)ccc1F)c1nc(N)nc(N2CCN(C)CC2)n1. The summed E-state index contributed by atoms with van der Waals surface area (Å²) in [4.78, 5) is 17.3. The lowest BCUT2D eigenvalue weighted by Gasteiger charge is -2.32. The van der Waals surface area contributed by atoms with Gasteiger partial charge in [0, 0.05) is 37.3 Å². The van der Waals surface area contributed by atoms with Gasteiger partial charge in [-0.3, -0.25) is 0 Å². The third-order valence-corrected chi connectivity index (χ3v) is 4.50. The lowest BCUT2D eigenvalue weighted by Crippen LogP contribution is -2.45. The Morgan fingerprint density at radius 1 is 1.23 bits per heavy atom. The van der Waals surface area contributed by atoms with Crippen LogP contribution in [0.3, 0.4) is 0 Å². The highest BCUT2D eigenvalue weighted by molar-refractivity contribution is 6.30. The van der Waals surface area contributed by atoms with Crippen molar-refractivity contribution in [2.75, 3.05) is 43.9 Å². The summed E-state index contributed by atoms with van der Waals surface area (Å²) in [6, 6.07) is 4.17. The van der Waals surface area contributed by atoms with Gasteiger partial charge in [0.15, 0.2) is 23.5 Å². The molecule has 1 atom stereocenters. The average Bonchev–Trinajstić information content (AvgIpc) is 2.62. The minimum Gasteiger partial charge on any atom is -0.479 e. The molecule has 1 aromatic carbocycles. The Labute approximate surface area is 157 Å². The van der Waals surface area contributed by atoms with Crippen LogP contribution in [0.15, 0.2) is 18.2 Å². The number of nitrogen functional groups attached to an aromatic ring is 1. The molecule has 0 radical (unpaired) electrons. The number of likely N-dealkylation sites (N-methyl/N-ethyl adjacent to an activating group) is 1. The second-order valence-corrected chi connectivity index (χ2v) is 6.67. The number of ether oxygens (including phenoxy) is 1. The molecule has 1 aromatic heterocycles. The smallest absolute Gasteiger partial charge is 0.230 e. The zero-order valence-electron chi connectivity index (χ0n) is 14.8. The predicted octanol–water partition coefficient (Wildman–Crippen LogP) is 2.53. The Kier molecular flexibility index (Phi) is 5.73. The summed E-state index contributed by atoms with van der Waals surface area (Å²) in [7, 11) is 2.07. The molecule has 2 N–H and O–H groups in total. The molecule has 140 valence electrons. The number of rotatable bonds is 5. The number of halogens is 2. The number of hydrogen-bond donors (Lipinski definition) is 1. The van der Waals surface area contributed by atoms with Crippen LogP contribution in [0.5, 0.6) is 5.75 Å². The maximum absolute atomic E-state index is 14.0. The Morgan fingerprint density at radius 3 is 2.65 bits per heavy atom. The number of aromatic nitrogens is 3. The third kappa shape index (κ3) is 4.31. The summed E-state index contributed by atoms with van der Waals surface area (Å²) in [5.41, 5.74) is 5.88. The van der Waals surface area contributed by atoms with Crippen LogP contribution in [-0.2, 0) is 0 Å². The van der Waals surface area contributed by atoms with Gasteiger partial charge in [-0.2, -0.15) is 15.0 Å². The first-order chi connectivity index (χ1) is 12.5. The maximum Gasteiger partial charge on any atom is 0.230 e. The van der Waals surface area contributed by atoms with E-state index in [1.165, 1.54) is 18.2 Å². The first-order valence-corrected chi connectivity index (χ1v) is 8.90. The minimum atomic E-state index is -0.556. The average molecular weight is 381 g/mol. The summed E-state index contributed by atoms with van der Waals surface area (Å²) in [6.45, 7) is 5.35. The molecule has 1 saturated heterocycles. The second-order valence-electron chi connectivity index (χ2n) is 6.23. The number of nitrogens with zero attached hydrogens (tertiary/aromatic N) is 5. The van der Waals surface area contributed by atoms with Crippen molar-refractivity contribution in [3.05, 3.63) is 34.9 Å². The molecule has 2 heterocycles. The standard InChI is InChI=1S/C17H22ClFN6O/c1-3-13(26-14-10-11(18)4-5-12(14)19)15-21-16(20)23-17(22-15)25-8-6-24(2)7-9-25/h4-5,10,13H,3,6-9H2,1-2H3,(H2,20,21,22,23). The molecule has 0 spiro atoms. The highest BCUT2D eigenvalue weighted by Crippen LogP contribution is 2.28. The van der Waals surface area contributed by atoms with Crippen molar-refractivity contribution in [1.29, 1.82) is 0 Å². The van der Waals surface area contributed by atoms with Gasteiger partial charge in [-0.15, -0.1) is 0 Å².